The van der Waals surface area contributed by atoms with Crippen LogP contribution in [-0.4, -0.2) is 45.4 Å². The molecule has 1 unspecified atom stereocenters. The van der Waals surface area contributed by atoms with Crippen molar-refractivity contribution < 1.29 is 9.18 Å². The summed E-state index contributed by atoms with van der Waals surface area (Å²) in [6.07, 6.45) is 0. The second-order valence-corrected chi connectivity index (χ2v) is 9.32. The van der Waals surface area contributed by atoms with Gasteiger partial charge in [0.15, 0.2) is 11.0 Å². The zero-order valence-electron chi connectivity index (χ0n) is 20.0. The number of benzene rings is 3. The molecule has 1 aromatic heterocycles. The van der Waals surface area contributed by atoms with Gasteiger partial charge in [0, 0.05) is 11.4 Å². The summed E-state index contributed by atoms with van der Waals surface area (Å²) in [5, 5.41) is 9.39. The second kappa shape index (κ2) is 11.3. The van der Waals surface area contributed by atoms with Gasteiger partial charge in [-0.2, -0.15) is 0 Å². The lowest BCUT2D eigenvalue weighted by Gasteiger charge is -2.23. The normalized spacial score (nSPS) is 12.0. The molecule has 4 rings (SSSR count). The Labute approximate surface area is 209 Å². The van der Waals surface area contributed by atoms with Gasteiger partial charge < -0.3 is 4.90 Å². The number of hydrogen-bond donors (Lipinski definition) is 0. The monoisotopic (exact) mass is 489 g/mol. The van der Waals surface area contributed by atoms with Gasteiger partial charge in [-0.15, -0.1) is 10.2 Å². The van der Waals surface area contributed by atoms with Crippen molar-refractivity contribution >= 4 is 23.4 Å². The zero-order valence-corrected chi connectivity index (χ0v) is 20.8. The highest BCUT2D eigenvalue weighted by atomic mass is 32.2. The molecule has 0 aliphatic heterocycles. The number of nitrogens with zero attached hydrogens (tertiary/aromatic N) is 5. The van der Waals surface area contributed by atoms with Gasteiger partial charge in [-0.05, 0) is 63.0 Å². The Hall–Kier alpha value is -3.49. The number of hydrogen-bond acceptors (Lipinski definition) is 5. The molecule has 0 fully saturated rings. The van der Waals surface area contributed by atoms with E-state index in [4.69, 9.17) is 0 Å². The molecule has 0 saturated heterocycles. The minimum Gasteiger partial charge on any atom is -0.307 e. The highest BCUT2D eigenvalue weighted by Gasteiger charge is 2.23. The molecule has 1 atom stereocenters. The standard InChI is InChI=1S/C27H28FN5OS/c1-20(31(2)3)26-29-30-27(33(26)24-16-14-22(28)15-17-24)35-19-25(34)32(23-12-8-5-9-13-23)18-21-10-6-4-7-11-21/h4-17,20H,18-19H2,1-3H3. The lowest BCUT2D eigenvalue weighted by atomic mass is 10.2. The third kappa shape index (κ3) is 5.96. The van der Waals surface area contributed by atoms with Crippen LogP contribution in [0, 0.1) is 5.82 Å². The van der Waals surface area contributed by atoms with Gasteiger partial charge in [0.1, 0.15) is 5.82 Å². The fourth-order valence-corrected chi connectivity index (χ4v) is 4.45. The molecule has 0 saturated carbocycles. The minimum atomic E-state index is -0.312. The first-order valence-corrected chi connectivity index (χ1v) is 12.3. The van der Waals surface area contributed by atoms with Gasteiger partial charge in [0.2, 0.25) is 5.91 Å². The van der Waals surface area contributed by atoms with Crippen LogP contribution >= 0.6 is 11.8 Å². The maximum Gasteiger partial charge on any atom is 0.237 e. The summed E-state index contributed by atoms with van der Waals surface area (Å²) in [5.74, 6) is 0.548. The van der Waals surface area contributed by atoms with Crippen LogP contribution in [0.1, 0.15) is 24.4 Å². The number of rotatable bonds is 9. The van der Waals surface area contributed by atoms with E-state index in [1.54, 1.807) is 17.0 Å². The van der Waals surface area contributed by atoms with Gasteiger partial charge in [0.25, 0.3) is 0 Å². The van der Waals surface area contributed by atoms with E-state index in [2.05, 4.69) is 10.2 Å². The number of para-hydroxylation sites is 1. The number of amides is 1. The summed E-state index contributed by atoms with van der Waals surface area (Å²) in [5.41, 5.74) is 2.63. The molecule has 1 amide bonds. The second-order valence-electron chi connectivity index (χ2n) is 8.38. The molecular formula is C27H28FN5OS. The Morgan fingerprint density at radius 1 is 0.943 bits per heavy atom. The van der Waals surface area contributed by atoms with Crippen LogP contribution in [0.15, 0.2) is 90.1 Å². The number of aromatic nitrogens is 3. The summed E-state index contributed by atoms with van der Waals surface area (Å²) >= 11 is 1.32. The molecule has 6 nitrogen and oxygen atoms in total. The molecule has 0 spiro atoms. The highest BCUT2D eigenvalue weighted by Crippen LogP contribution is 2.28. The Morgan fingerprint density at radius 3 is 2.20 bits per heavy atom. The van der Waals surface area contributed by atoms with Gasteiger partial charge in [-0.3, -0.25) is 14.3 Å². The van der Waals surface area contributed by atoms with Crippen LogP contribution in [0.5, 0.6) is 0 Å². The van der Waals surface area contributed by atoms with Crippen molar-refractivity contribution in [2.24, 2.45) is 0 Å². The smallest absolute Gasteiger partial charge is 0.237 e. The van der Waals surface area contributed by atoms with Crippen molar-refractivity contribution in [2.45, 2.75) is 24.7 Å². The molecule has 35 heavy (non-hydrogen) atoms. The summed E-state index contributed by atoms with van der Waals surface area (Å²) in [6, 6.07) is 25.8. The summed E-state index contributed by atoms with van der Waals surface area (Å²) < 4.78 is 15.5. The van der Waals surface area contributed by atoms with Crippen molar-refractivity contribution in [2.75, 3.05) is 24.7 Å². The fraction of sp³-hybridized carbons (Fsp3) is 0.222. The predicted molar refractivity (Wildman–Crippen MR) is 138 cm³/mol. The lowest BCUT2D eigenvalue weighted by Crippen LogP contribution is -2.32. The Kier molecular flexibility index (Phi) is 7.94. The van der Waals surface area contributed by atoms with Crippen molar-refractivity contribution in [3.8, 4) is 5.69 Å². The first-order chi connectivity index (χ1) is 16.9. The molecule has 0 radical (unpaired) electrons. The average Bonchev–Trinajstić information content (AvgIpc) is 3.30. The lowest BCUT2D eigenvalue weighted by molar-refractivity contribution is -0.116. The summed E-state index contributed by atoms with van der Waals surface area (Å²) in [7, 11) is 3.93. The third-order valence-electron chi connectivity index (χ3n) is 5.77. The number of thioether (sulfide) groups is 1. The van der Waals surface area contributed by atoms with Crippen LogP contribution in [0.4, 0.5) is 10.1 Å². The molecule has 0 aliphatic rings. The van der Waals surface area contributed by atoms with Gasteiger partial charge in [0.05, 0.1) is 18.3 Å². The predicted octanol–water partition coefficient (Wildman–Crippen LogP) is 5.35. The number of anilines is 1. The topological polar surface area (TPSA) is 54.3 Å². The molecular weight excluding hydrogens is 461 g/mol. The van der Waals surface area contributed by atoms with Crippen LogP contribution in [0.25, 0.3) is 5.69 Å². The van der Waals surface area contributed by atoms with Crippen molar-refractivity contribution in [1.29, 1.82) is 0 Å². The van der Waals surface area contributed by atoms with Gasteiger partial charge in [-0.25, -0.2) is 4.39 Å². The van der Waals surface area contributed by atoms with E-state index in [0.717, 1.165) is 22.8 Å². The SMILES string of the molecule is CC(c1nnc(SCC(=O)N(Cc2ccccc2)c2ccccc2)n1-c1ccc(F)cc1)N(C)C. The Bertz CT molecular complexity index is 1250. The maximum absolute atomic E-state index is 13.6. The van der Waals surface area contributed by atoms with Crippen LogP contribution in [0.2, 0.25) is 0 Å². The summed E-state index contributed by atoms with van der Waals surface area (Å²) in [4.78, 5) is 17.3. The average molecular weight is 490 g/mol. The number of halogens is 1. The maximum atomic E-state index is 13.6. The van der Waals surface area contributed by atoms with E-state index in [9.17, 15) is 9.18 Å². The first-order valence-electron chi connectivity index (χ1n) is 11.3. The summed E-state index contributed by atoms with van der Waals surface area (Å²) in [6.45, 7) is 2.50. The Morgan fingerprint density at radius 2 is 1.57 bits per heavy atom. The van der Waals surface area contributed by atoms with Gasteiger partial charge in [-0.1, -0.05) is 60.3 Å². The van der Waals surface area contributed by atoms with Gasteiger partial charge >= 0.3 is 0 Å². The highest BCUT2D eigenvalue weighted by molar-refractivity contribution is 7.99. The molecule has 1 heterocycles. The van der Waals surface area contributed by atoms with E-state index in [1.807, 2.05) is 91.1 Å². The van der Waals surface area contributed by atoms with E-state index in [-0.39, 0.29) is 23.5 Å². The zero-order chi connectivity index (χ0) is 24.8. The molecule has 4 aromatic rings. The van der Waals surface area contributed by atoms with Crippen molar-refractivity contribution in [3.05, 3.63) is 102 Å². The molecule has 0 N–H and O–H groups in total. The largest absolute Gasteiger partial charge is 0.307 e. The van der Waals surface area contributed by atoms with Crippen molar-refractivity contribution in [1.82, 2.24) is 19.7 Å². The van der Waals surface area contributed by atoms with E-state index < -0.39 is 0 Å². The van der Waals surface area contributed by atoms with E-state index >= 15 is 0 Å². The number of carbonyl (C=O) groups is 1. The fourth-order valence-electron chi connectivity index (χ4n) is 3.61. The molecule has 8 heteroatoms. The molecule has 180 valence electrons. The van der Waals surface area contributed by atoms with Crippen molar-refractivity contribution in [3.63, 3.8) is 0 Å². The molecule has 0 aliphatic carbocycles. The van der Waals surface area contributed by atoms with Crippen LogP contribution < -0.4 is 4.90 Å². The van der Waals surface area contributed by atoms with E-state index in [0.29, 0.717) is 11.7 Å². The van der Waals surface area contributed by atoms with Crippen LogP contribution in [-0.2, 0) is 11.3 Å². The molecule has 0 bridgehead atoms. The van der Waals surface area contributed by atoms with Crippen LogP contribution in [0.3, 0.4) is 0 Å². The molecule has 3 aromatic carbocycles. The first kappa shape index (κ1) is 24.6. The quantitative estimate of drug-likeness (QED) is 0.297. The number of carbonyl (C=O) groups excluding carboxylic acids is 1. The van der Waals surface area contributed by atoms with E-state index in [1.165, 1.54) is 23.9 Å². The third-order valence-corrected chi connectivity index (χ3v) is 6.68. The Balaban J connectivity index is 1.60. The minimum absolute atomic E-state index is 0.0310.